The Hall–Kier alpha value is -3.26. The minimum Gasteiger partial charge on any atom is -0.433 e. The van der Waals surface area contributed by atoms with Crippen LogP contribution in [0.15, 0.2) is 39.7 Å². The fourth-order valence-corrected chi connectivity index (χ4v) is 3.66. The highest BCUT2D eigenvalue weighted by molar-refractivity contribution is 5.78. The Balaban J connectivity index is 1.60. The molecule has 5 rings (SSSR count). The van der Waals surface area contributed by atoms with Crippen LogP contribution in [0.25, 0.3) is 28.3 Å². The number of aromatic nitrogens is 4. The number of nitrogens with zero attached hydrogens (tertiary/aromatic N) is 5. The zero-order chi connectivity index (χ0) is 19.3. The van der Waals surface area contributed by atoms with Crippen molar-refractivity contribution in [2.45, 2.75) is 13.8 Å². The van der Waals surface area contributed by atoms with Gasteiger partial charge in [-0.25, -0.2) is 9.97 Å². The Morgan fingerprint density at radius 2 is 1.89 bits per heavy atom. The number of fused-ring (bicyclic) bond motifs is 2. The molecule has 1 fully saturated rings. The molecule has 1 aliphatic rings. The van der Waals surface area contributed by atoms with E-state index in [0.717, 1.165) is 48.8 Å². The number of aryl methyl sites for hydroxylation is 2. The molecular formula is C20H20N6O2. The average Bonchev–Trinajstić information content (AvgIpc) is 3.13. The number of oxazole rings is 1. The zero-order valence-corrected chi connectivity index (χ0v) is 15.8. The van der Waals surface area contributed by atoms with E-state index in [1.807, 2.05) is 38.2 Å². The SMILES string of the molecule is Cc1cc2nc(-c3cc(=O)n4cc(N5CCNCC5)ccc4n3)oc2c(C)n1. The summed E-state index contributed by atoms with van der Waals surface area (Å²) in [7, 11) is 0. The number of nitrogens with one attached hydrogen (secondary N) is 1. The molecule has 0 aliphatic carbocycles. The van der Waals surface area contributed by atoms with E-state index in [1.165, 1.54) is 6.07 Å². The molecule has 0 unspecified atom stereocenters. The highest BCUT2D eigenvalue weighted by Crippen LogP contribution is 2.25. The molecule has 8 heteroatoms. The number of pyridine rings is 2. The normalized spacial score (nSPS) is 14.9. The number of hydrogen-bond acceptors (Lipinski definition) is 7. The van der Waals surface area contributed by atoms with Crippen LogP contribution in [0.4, 0.5) is 5.69 Å². The monoisotopic (exact) mass is 376 g/mol. The Bertz CT molecular complexity index is 1250. The molecular weight excluding hydrogens is 356 g/mol. The molecule has 1 aliphatic heterocycles. The summed E-state index contributed by atoms with van der Waals surface area (Å²) in [6, 6.07) is 7.19. The smallest absolute Gasteiger partial charge is 0.258 e. The standard InChI is InChI=1S/C20H20N6O2/c1-12-9-15-19(13(2)22-12)28-20(24-15)16-10-18(27)26-11-14(3-4-17(26)23-16)25-7-5-21-6-8-25/h3-4,9-11,21H,5-8H2,1-2H3. The molecule has 0 amide bonds. The van der Waals surface area contributed by atoms with E-state index in [1.54, 1.807) is 4.40 Å². The molecule has 4 aromatic heterocycles. The molecule has 0 aromatic carbocycles. The Labute approximate surface area is 160 Å². The largest absolute Gasteiger partial charge is 0.433 e. The second-order valence-electron chi connectivity index (χ2n) is 7.05. The summed E-state index contributed by atoms with van der Waals surface area (Å²) in [5.41, 5.74) is 4.83. The maximum atomic E-state index is 12.8. The van der Waals surface area contributed by atoms with Gasteiger partial charge in [0.25, 0.3) is 5.56 Å². The number of hydrogen-bond donors (Lipinski definition) is 1. The maximum absolute atomic E-state index is 12.8. The van der Waals surface area contributed by atoms with E-state index in [2.05, 4.69) is 25.2 Å². The first-order valence-electron chi connectivity index (χ1n) is 9.33. The predicted octanol–water partition coefficient (Wildman–Crippen LogP) is 1.92. The average molecular weight is 376 g/mol. The van der Waals surface area contributed by atoms with Gasteiger partial charge >= 0.3 is 0 Å². The maximum Gasteiger partial charge on any atom is 0.258 e. The zero-order valence-electron chi connectivity index (χ0n) is 15.8. The highest BCUT2D eigenvalue weighted by Gasteiger charge is 2.16. The quantitative estimate of drug-likeness (QED) is 0.572. The molecule has 0 atom stereocenters. The van der Waals surface area contributed by atoms with E-state index < -0.39 is 0 Å². The van der Waals surface area contributed by atoms with Crippen molar-refractivity contribution in [3.8, 4) is 11.6 Å². The molecule has 8 nitrogen and oxygen atoms in total. The summed E-state index contributed by atoms with van der Waals surface area (Å²) >= 11 is 0. The van der Waals surface area contributed by atoms with Crippen molar-refractivity contribution >= 4 is 22.4 Å². The third-order valence-electron chi connectivity index (χ3n) is 5.02. The van der Waals surface area contributed by atoms with E-state index in [4.69, 9.17) is 4.42 Å². The van der Waals surface area contributed by atoms with Gasteiger partial charge in [0.15, 0.2) is 5.58 Å². The summed E-state index contributed by atoms with van der Waals surface area (Å²) in [5.74, 6) is 0.330. The summed E-state index contributed by atoms with van der Waals surface area (Å²) in [5, 5.41) is 3.33. The summed E-state index contributed by atoms with van der Waals surface area (Å²) in [4.78, 5) is 28.5. The van der Waals surface area contributed by atoms with E-state index in [-0.39, 0.29) is 5.56 Å². The second kappa shape index (κ2) is 6.42. The molecule has 0 spiro atoms. The Morgan fingerprint density at radius 3 is 2.71 bits per heavy atom. The molecule has 28 heavy (non-hydrogen) atoms. The molecule has 1 saturated heterocycles. The number of rotatable bonds is 2. The van der Waals surface area contributed by atoms with Gasteiger partial charge < -0.3 is 14.6 Å². The van der Waals surface area contributed by atoms with E-state index in [9.17, 15) is 4.79 Å². The first-order chi connectivity index (χ1) is 13.6. The van der Waals surface area contributed by atoms with Crippen LogP contribution >= 0.6 is 0 Å². The van der Waals surface area contributed by atoms with Gasteiger partial charge in [0.1, 0.15) is 16.9 Å². The van der Waals surface area contributed by atoms with Crippen LogP contribution < -0.4 is 15.8 Å². The third-order valence-corrected chi connectivity index (χ3v) is 5.02. The van der Waals surface area contributed by atoms with Gasteiger partial charge in [0, 0.05) is 44.1 Å². The van der Waals surface area contributed by atoms with Crippen LogP contribution in [0.3, 0.4) is 0 Å². The van der Waals surface area contributed by atoms with Crippen molar-refractivity contribution in [3.05, 3.63) is 52.2 Å². The fraction of sp³-hybridized carbons (Fsp3) is 0.300. The molecule has 0 bridgehead atoms. The lowest BCUT2D eigenvalue weighted by molar-refractivity contribution is 0.588. The van der Waals surface area contributed by atoms with Gasteiger partial charge in [-0.15, -0.1) is 0 Å². The molecule has 5 heterocycles. The molecule has 0 saturated carbocycles. The minimum atomic E-state index is -0.162. The summed E-state index contributed by atoms with van der Waals surface area (Å²) < 4.78 is 7.43. The van der Waals surface area contributed by atoms with Gasteiger partial charge in [0.2, 0.25) is 5.89 Å². The third kappa shape index (κ3) is 2.82. The molecule has 4 aromatic rings. The van der Waals surface area contributed by atoms with E-state index >= 15 is 0 Å². The highest BCUT2D eigenvalue weighted by atomic mass is 16.3. The Kier molecular flexibility index (Phi) is 3.87. The first kappa shape index (κ1) is 16.9. The first-order valence-corrected chi connectivity index (χ1v) is 9.33. The van der Waals surface area contributed by atoms with E-state index in [0.29, 0.717) is 22.8 Å². The minimum absolute atomic E-state index is 0.162. The Morgan fingerprint density at radius 1 is 1.07 bits per heavy atom. The van der Waals surface area contributed by atoms with Crippen LogP contribution in [0.1, 0.15) is 11.4 Å². The van der Waals surface area contributed by atoms with Gasteiger partial charge in [-0.2, -0.15) is 0 Å². The van der Waals surface area contributed by atoms with Crippen molar-refractivity contribution in [1.29, 1.82) is 0 Å². The topological polar surface area (TPSA) is 88.6 Å². The molecule has 0 radical (unpaired) electrons. The van der Waals surface area contributed by atoms with Crippen molar-refractivity contribution in [2.24, 2.45) is 0 Å². The van der Waals surface area contributed by atoms with Crippen LogP contribution in [-0.4, -0.2) is 45.5 Å². The lowest BCUT2D eigenvalue weighted by atomic mass is 10.3. The number of piperazine rings is 1. The fourth-order valence-electron chi connectivity index (χ4n) is 3.66. The lowest BCUT2D eigenvalue weighted by Crippen LogP contribution is -2.43. The van der Waals surface area contributed by atoms with Gasteiger partial charge in [0.05, 0.1) is 11.4 Å². The lowest BCUT2D eigenvalue weighted by Gasteiger charge is -2.29. The number of anilines is 1. The molecule has 142 valence electrons. The predicted molar refractivity (Wildman–Crippen MR) is 107 cm³/mol. The van der Waals surface area contributed by atoms with Crippen LogP contribution in [0.2, 0.25) is 0 Å². The van der Waals surface area contributed by atoms with Crippen molar-refractivity contribution in [1.82, 2.24) is 24.7 Å². The summed E-state index contributed by atoms with van der Waals surface area (Å²) in [6.45, 7) is 7.51. The van der Waals surface area contributed by atoms with Gasteiger partial charge in [-0.05, 0) is 32.0 Å². The van der Waals surface area contributed by atoms with Gasteiger partial charge in [-0.3, -0.25) is 14.2 Å². The van der Waals surface area contributed by atoms with Crippen LogP contribution in [0.5, 0.6) is 0 Å². The van der Waals surface area contributed by atoms with Gasteiger partial charge in [-0.1, -0.05) is 0 Å². The van der Waals surface area contributed by atoms with Crippen molar-refractivity contribution in [2.75, 3.05) is 31.1 Å². The second-order valence-corrected chi connectivity index (χ2v) is 7.05. The van der Waals surface area contributed by atoms with Crippen molar-refractivity contribution < 1.29 is 4.42 Å². The summed E-state index contributed by atoms with van der Waals surface area (Å²) in [6.07, 6.45) is 1.85. The van der Waals surface area contributed by atoms with Crippen LogP contribution in [0, 0.1) is 13.8 Å². The van der Waals surface area contributed by atoms with Crippen molar-refractivity contribution in [3.63, 3.8) is 0 Å². The van der Waals surface area contributed by atoms with Crippen LogP contribution in [-0.2, 0) is 0 Å². The molecule has 1 N–H and O–H groups in total.